The minimum atomic E-state index is -0.572. The third-order valence-electron chi connectivity index (χ3n) is 3.93. The van der Waals surface area contributed by atoms with Crippen molar-refractivity contribution in [2.24, 2.45) is 5.92 Å². The Morgan fingerprint density at radius 2 is 2.35 bits per heavy atom. The van der Waals surface area contributed by atoms with Crippen LogP contribution in [0.2, 0.25) is 0 Å². The molecule has 2 atom stereocenters. The fourth-order valence-corrected chi connectivity index (χ4v) is 3.24. The second kappa shape index (κ2) is 6.00. The van der Waals surface area contributed by atoms with Crippen LogP contribution in [0.3, 0.4) is 0 Å². The molecule has 5 heteroatoms. The Hall–Kier alpha value is -1.29. The lowest BCUT2D eigenvalue weighted by Gasteiger charge is -2.39. The lowest BCUT2D eigenvalue weighted by atomic mass is 9.77. The zero-order valence-corrected chi connectivity index (χ0v) is 12.2. The Kier molecular flexibility index (Phi) is 4.53. The Morgan fingerprint density at radius 3 is 2.95 bits per heavy atom. The number of benzene rings is 1. The van der Waals surface area contributed by atoms with Crippen LogP contribution in [0.5, 0.6) is 5.75 Å². The van der Waals surface area contributed by atoms with Gasteiger partial charge >= 0.3 is 0 Å². The predicted octanol–water partition coefficient (Wildman–Crippen LogP) is 3.45. The number of alkyl halides is 1. The first-order valence-corrected chi connectivity index (χ1v) is 7.36. The molecule has 1 amide bonds. The van der Waals surface area contributed by atoms with E-state index >= 15 is 0 Å². The van der Waals surface area contributed by atoms with Gasteiger partial charge in [-0.15, -0.1) is 11.6 Å². The van der Waals surface area contributed by atoms with Gasteiger partial charge in [0, 0.05) is 11.9 Å². The monoisotopic (exact) mass is 299 g/mol. The molecule has 1 fully saturated rings. The zero-order chi connectivity index (χ0) is 14.8. The largest absolute Gasteiger partial charge is 0.507 e. The molecular weight excluding hydrogens is 281 g/mol. The number of amides is 1. The van der Waals surface area contributed by atoms with E-state index in [1.165, 1.54) is 6.07 Å². The number of aromatic hydroxyl groups is 1. The van der Waals surface area contributed by atoms with Crippen molar-refractivity contribution < 1.29 is 14.3 Å². The summed E-state index contributed by atoms with van der Waals surface area (Å²) in [7, 11) is 0. The number of nitrogens with one attached hydrogen (secondary N) is 1. The highest BCUT2D eigenvalue weighted by atomic mass is 35.5. The molecule has 2 rings (SSSR count). The van der Waals surface area contributed by atoms with Crippen LogP contribution >= 0.6 is 11.6 Å². The van der Waals surface area contributed by atoms with Crippen molar-refractivity contribution >= 4 is 17.5 Å². The van der Waals surface area contributed by atoms with E-state index in [0.29, 0.717) is 11.8 Å². The summed E-state index contributed by atoms with van der Waals surface area (Å²) in [6.07, 6.45) is 3.80. The number of rotatable bonds is 3. The van der Waals surface area contributed by atoms with Crippen molar-refractivity contribution in [3.05, 3.63) is 29.6 Å². The molecule has 1 aliphatic carbocycles. The fourth-order valence-electron chi connectivity index (χ4n) is 2.93. The number of carbonyl (C=O) groups excluding carboxylic acids is 1. The van der Waals surface area contributed by atoms with Crippen molar-refractivity contribution in [2.45, 2.75) is 38.1 Å². The first-order chi connectivity index (χ1) is 9.46. The Morgan fingerprint density at radius 1 is 1.60 bits per heavy atom. The van der Waals surface area contributed by atoms with Gasteiger partial charge in [0.25, 0.3) is 5.91 Å². The highest BCUT2D eigenvalue weighted by Crippen LogP contribution is 2.33. The van der Waals surface area contributed by atoms with E-state index in [2.05, 4.69) is 12.2 Å². The summed E-state index contributed by atoms with van der Waals surface area (Å²) in [5.74, 6) is -0.485. The Labute approximate surface area is 123 Å². The van der Waals surface area contributed by atoms with Gasteiger partial charge in [-0.2, -0.15) is 0 Å². The molecule has 0 bridgehead atoms. The van der Waals surface area contributed by atoms with E-state index in [4.69, 9.17) is 11.6 Å². The molecule has 3 nitrogen and oxygen atoms in total. The molecule has 2 N–H and O–H groups in total. The van der Waals surface area contributed by atoms with Crippen molar-refractivity contribution in [1.82, 2.24) is 5.32 Å². The molecule has 1 aliphatic rings. The topological polar surface area (TPSA) is 49.3 Å². The second-order valence-corrected chi connectivity index (χ2v) is 6.00. The van der Waals surface area contributed by atoms with Crippen LogP contribution in [0, 0.1) is 11.7 Å². The molecule has 20 heavy (non-hydrogen) atoms. The maximum absolute atomic E-state index is 12.9. The van der Waals surface area contributed by atoms with Crippen LogP contribution < -0.4 is 5.32 Å². The maximum Gasteiger partial charge on any atom is 0.255 e. The average molecular weight is 300 g/mol. The van der Waals surface area contributed by atoms with Crippen LogP contribution in [-0.2, 0) is 0 Å². The van der Waals surface area contributed by atoms with Gasteiger partial charge in [0.2, 0.25) is 0 Å². The van der Waals surface area contributed by atoms with Crippen LogP contribution in [0.25, 0.3) is 0 Å². The first-order valence-electron chi connectivity index (χ1n) is 6.83. The average Bonchev–Trinajstić information content (AvgIpc) is 2.38. The quantitative estimate of drug-likeness (QED) is 0.840. The van der Waals surface area contributed by atoms with Gasteiger partial charge in [0.15, 0.2) is 0 Å². The highest BCUT2D eigenvalue weighted by Gasteiger charge is 2.36. The minimum absolute atomic E-state index is 0.0779. The van der Waals surface area contributed by atoms with E-state index in [1.54, 1.807) is 0 Å². The molecule has 0 radical (unpaired) electrons. The van der Waals surface area contributed by atoms with Gasteiger partial charge < -0.3 is 10.4 Å². The summed E-state index contributed by atoms with van der Waals surface area (Å²) >= 11 is 6.06. The standard InChI is InChI=1S/C15H19ClFNO2/c1-10-3-2-6-15(8-10,9-16)18-14(20)12-5-4-11(17)7-13(12)19/h4-5,7,10,19H,2-3,6,8-9H2,1H3,(H,18,20). The zero-order valence-electron chi connectivity index (χ0n) is 11.5. The molecule has 110 valence electrons. The van der Waals surface area contributed by atoms with E-state index < -0.39 is 17.3 Å². The van der Waals surface area contributed by atoms with Crippen molar-refractivity contribution in [3.63, 3.8) is 0 Å². The maximum atomic E-state index is 12.9. The molecule has 2 unspecified atom stereocenters. The summed E-state index contributed by atoms with van der Waals surface area (Å²) in [4.78, 5) is 12.3. The van der Waals surface area contributed by atoms with E-state index in [1.807, 2.05) is 0 Å². The van der Waals surface area contributed by atoms with Gasteiger partial charge in [0.1, 0.15) is 11.6 Å². The minimum Gasteiger partial charge on any atom is -0.507 e. The molecule has 0 saturated heterocycles. The van der Waals surface area contributed by atoms with Gasteiger partial charge in [-0.1, -0.05) is 19.8 Å². The first kappa shape index (κ1) is 15.1. The number of halogens is 2. The summed E-state index contributed by atoms with van der Waals surface area (Å²) in [5, 5.41) is 12.6. The Bertz CT molecular complexity index is 509. The van der Waals surface area contributed by atoms with E-state index in [9.17, 15) is 14.3 Å². The molecule has 1 aromatic carbocycles. The number of carbonyl (C=O) groups is 1. The van der Waals surface area contributed by atoms with Crippen molar-refractivity contribution in [1.29, 1.82) is 0 Å². The fraction of sp³-hybridized carbons (Fsp3) is 0.533. The van der Waals surface area contributed by atoms with Crippen LogP contribution in [-0.4, -0.2) is 22.4 Å². The summed E-state index contributed by atoms with van der Waals surface area (Å²) in [6.45, 7) is 2.14. The van der Waals surface area contributed by atoms with E-state index in [-0.39, 0.29) is 11.3 Å². The van der Waals surface area contributed by atoms with E-state index in [0.717, 1.165) is 37.8 Å². The van der Waals surface area contributed by atoms with Gasteiger partial charge in [-0.3, -0.25) is 4.79 Å². The summed E-state index contributed by atoms with van der Waals surface area (Å²) < 4.78 is 12.9. The number of hydrogen-bond acceptors (Lipinski definition) is 2. The highest BCUT2D eigenvalue weighted by molar-refractivity contribution is 6.19. The number of phenolic OH excluding ortho intramolecular Hbond substituents is 1. The third-order valence-corrected chi connectivity index (χ3v) is 4.44. The molecule has 0 aromatic heterocycles. The third kappa shape index (κ3) is 3.23. The van der Waals surface area contributed by atoms with Gasteiger partial charge in [-0.05, 0) is 30.9 Å². The summed E-state index contributed by atoms with van der Waals surface area (Å²) in [6, 6.07) is 3.38. The Balaban J connectivity index is 2.16. The normalized spacial score (nSPS) is 26.2. The molecule has 1 aromatic rings. The van der Waals surface area contributed by atoms with Gasteiger partial charge in [-0.25, -0.2) is 4.39 Å². The SMILES string of the molecule is CC1CCCC(CCl)(NC(=O)c2ccc(F)cc2O)C1. The second-order valence-electron chi connectivity index (χ2n) is 5.73. The van der Waals surface area contributed by atoms with Crippen LogP contribution in [0.15, 0.2) is 18.2 Å². The molecule has 0 aliphatic heterocycles. The molecule has 1 saturated carbocycles. The number of phenols is 1. The lowest BCUT2D eigenvalue weighted by molar-refractivity contribution is 0.0864. The van der Waals surface area contributed by atoms with Crippen molar-refractivity contribution in [2.75, 3.05) is 5.88 Å². The predicted molar refractivity (Wildman–Crippen MR) is 76.6 cm³/mol. The smallest absolute Gasteiger partial charge is 0.255 e. The lowest BCUT2D eigenvalue weighted by Crippen LogP contribution is -2.52. The van der Waals surface area contributed by atoms with Crippen LogP contribution in [0.1, 0.15) is 43.0 Å². The number of hydrogen-bond donors (Lipinski definition) is 2. The molecular formula is C15H19ClFNO2. The van der Waals surface area contributed by atoms with Gasteiger partial charge in [0.05, 0.1) is 11.1 Å². The van der Waals surface area contributed by atoms with Crippen molar-refractivity contribution in [3.8, 4) is 5.75 Å². The van der Waals surface area contributed by atoms with Crippen LogP contribution in [0.4, 0.5) is 4.39 Å². The molecule has 0 spiro atoms. The molecule has 0 heterocycles. The summed E-state index contributed by atoms with van der Waals surface area (Å²) in [5.41, 5.74) is -0.356.